The summed E-state index contributed by atoms with van der Waals surface area (Å²) in [5, 5.41) is 23.9. The molecule has 1 aliphatic carbocycles. The normalized spacial score (nSPS) is 25.0. The van der Waals surface area contributed by atoms with Crippen LogP contribution >= 0.6 is 0 Å². The second-order valence-corrected chi connectivity index (χ2v) is 5.67. The van der Waals surface area contributed by atoms with Crippen molar-refractivity contribution in [2.24, 2.45) is 0 Å². The number of carbonyl (C=O) groups is 3. The number of aryl methyl sites for hydroxylation is 1. The average molecular weight is 335 g/mol. The number of anilines is 1. The van der Waals surface area contributed by atoms with Gasteiger partial charge in [0.15, 0.2) is 5.60 Å². The van der Waals surface area contributed by atoms with Crippen LogP contribution in [0.1, 0.15) is 17.5 Å². The first-order valence-corrected chi connectivity index (χ1v) is 7.38. The zero-order valence-corrected chi connectivity index (χ0v) is 12.9. The smallest absolute Gasteiger partial charge is 0.323 e. The fourth-order valence-corrected chi connectivity index (χ4v) is 3.18. The minimum Gasteiger partial charge on any atom is -0.480 e. The van der Waals surface area contributed by atoms with Crippen LogP contribution in [-0.4, -0.2) is 53.0 Å². The third-order valence-electron chi connectivity index (χ3n) is 4.26. The van der Waals surface area contributed by atoms with Gasteiger partial charge in [0, 0.05) is 12.7 Å². The second-order valence-electron chi connectivity index (χ2n) is 5.67. The van der Waals surface area contributed by atoms with Crippen LogP contribution in [0.25, 0.3) is 0 Å². The lowest BCUT2D eigenvalue weighted by Gasteiger charge is -2.21. The molecule has 1 aliphatic heterocycles. The van der Waals surface area contributed by atoms with E-state index in [0.717, 1.165) is 10.5 Å². The van der Waals surface area contributed by atoms with E-state index in [0.29, 0.717) is 24.1 Å². The maximum absolute atomic E-state index is 12.6. The molecule has 3 amide bonds. The van der Waals surface area contributed by atoms with Crippen LogP contribution in [0, 0.1) is 0 Å². The minimum absolute atomic E-state index is 0.303. The first-order valence-electron chi connectivity index (χ1n) is 7.38. The number of nitrogens with zero attached hydrogens (tertiary/aromatic N) is 1. The Hall–Kier alpha value is -2.65. The SMILES string of the molecule is CNC(=O)Nc1ccc2c(c1)CC[C@@]21OC(O)N(CC(=O)O)C1=O. The Labute approximate surface area is 137 Å². The van der Waals surface area contributed by atoms with Crippen LogP contribution in [-0.2, 0) is 26.3 Å². The van der Waals surface area contributed by atoms with Crippen LogP contribution in [0.5, 0.6) is 0 Å². The van der Waals surface area contributed by atoms with Gasteiger partial charge in [-0.1, -0.05) is 6.07 Å². The van der Waals surface area contributed by atoms with Gasteiger partial charge in [-0.25, -0.2) is 4.79 Å². The molecule has 9 heteroatoms. The van der Waals surface area contributed by atoms with Gasteiger partial charge < -0.3 is 25.6 Å². The topological polar surface area (TPSA) is 128 Å². The van der Waals surface area contributed by atoms with Crippen LogP contribution in [0.2, 0.25) is 0 Å². The number of ether oxygens (including phenoxy) is 1. The number of carboxylic acid groups (broad SMARTS) is 1. The first-order chi connectivity index (χ1) is 11.4. The van der Waals surface area contributed by atoms with Crippen LogP contribution in [0.4, 0.5) is 10.5 Å². The van der Waals surface area contributed by atoms with E-state index in [1.165, 1.54) is 7.05 Å². The number of aliphatic hydroxyl groups excluding tert-OH is 1. The molecule has 1 aromatic rings. The van der Waals surface area contributed by atoms with Gasteiger partial charge in [0.2, 0.25) is 6.41 Å². The van der Waals surface area contributed by atoms with Gasteiger partial charge in [0.25, 0.3) is 5.91 Å². The summed E-state index contributed by atoms with van der Waals surface area (Å²) in [6.45, 7) is -0.632. The predicted octanol–water partition coefficient (Wildman–Crippen LogP) is -0.201. The number of aliphatic carboxylic acids is 1. The number of fused-ring (bicyclic) bond motifs is 2. The summed E-state index contributed by atoms with van der Waals surface area (Å²) in [4.78, 5) is 35.7. The molecule has 2 atom stereocenters. The van der Waals surface area contributed by atoms with Crippen LogP contribution in [0.15, 0.2) is 18.2 Å². The number of aliphatic hydroxyl groups is 1. The maximum Gasteiger partial charge on any atom is 0.323 e. The fraction of sp³-hybridized carbons (Fsp3) is 0.400. The summed E-state index contributed by atoms with van der Waals surface area (Å²) < 4.78 is 5.47. The quantitative estimate of drug-likeness (QED) is 0.605. The molecule has 1 saturated heterocycles. The average Bonchev–Trinajstić information content (AvgIpc) is 3.00. The molecule has 3 rings (SSSR count). The number of amides is 3. The summed E-state index contributed by atoms with van der Waals surface area (Å²) in [5.74, 6) is -1.80. The van der Waals surface area contributed by atoms with Crippen molar-refractivity contribution in [3.05, 3.63) is 29.3 Å². The maximum atomic E-state index is 12.6. The number of carboxylic acids is 1. The van der Waals surface area contributed by atoms with Crippen molar-refractivity contribution in [1.29, 1.82) is 0 Å². The molecule has 24 heavy (non-hydrogen) atoms. The molecule has 4 N–H and O–H groups in total. The van der Waals surface area contributed by atoms with Gasteiger partial charge in [0.1, 0.15) is 6.54 Å². The van der Waals surface area contributed by atoms with Gasteiger partial charge in [-0.3, -0.25) is 14.5 Å². The van der Waals surface area contributed by atoms with Crippen molar-refractivity contribution >= 4 is 23.6 Å². The van der Waals surface area contributed by atoms with Crippen molar-refractivity contribution in [3.8, 4) is 0 Å². The van der Waals surface area contributed by atoms with Crippen molar-refractivity contribution in [1.82, 2.24) is 10.2 Å². The van der Waals surface area contributed by atoms with Crippen molar-refractivity contribution in [3.63, 3.8) is 0 Å². The lowest BCUT2D eigenvalue weighted by Crippen LogP contribution is -2.41. The molecule has 0 saturated carbocycles. The largest absolute Gasteiger partial charge is 0.480 e. The van der Waals surface area contributed by atoms with Gasteiger partial charge in [0.05, 0.1) is 0 Å². The van der Waals surface area contributed by atoms with E-state index in [9.17, 15) is 19.5 Å². The van der Waals surface area contributed by atoms with E-state index in [4.69, 9.17) is 9.84 Å². The molecule has 1 unspecified atom stereocenters. The Balaban J connectivity index is 1.90. The zero-order chi connectivity index (χ0) is 17.5. The van der Waals surface area contributed by atoms with Gasteiger partial charge in [-0.15, -0.1) is 0 Å². The molecule has 2 aliphatic rings. The second kappa shape index (κ2) is 5.77. The van der Waals surface area contributed by atoms with E-state index >= 15 is 0 Å². The van der Waals surface area contributed by atoms with E-state index in [2.05, 4.69) is 10.6 Å². The third kappa shape index (κ3) is 2.47. The third-order valence-corrected chi connectivity index (χ3v) is 4.26. The van der Waals surface area contributed by atoms with Gasteiger partial charge >= 0.3 is 12.0 Å². The number of urea groups is 1. The monoisotopic (exact) mass is 335 g/mol. The molecular formula is C15H17N3O6. The number of nitrogens with one attached hydrogen (secondary N) is 2. The number of benzene rings is 1. The summed E-state index contributed by atoms with van der Waals surface area (Å²) in [6.07, 6.45) is -0.779. The Kier molecular flexibility index (Phi) is 3.90. The molecule has 0 bridgehead atoms. The van der Waals surface area contributed by atoms with Crippen molar-refractivity contribution in [2.45, 2.75) is 24.9 Å². The van der Waals surface area contributed by atoms with E-state index in [1.54, 1.807) is 18.2 Å². The predicted molar refractivity (Wildman–Crippen MR) is 81.0 cm³/mol. The summed E-state index contributed by atoms with van der Waals surface area (Å²) in [7, 11) is 1.50. The van der Waals surface area contributed by atoms with Crippen LogP contribution in [0.3, 0.4) is 0 Å². The molecule has 1 aromatic carbocycles. The molecule has 1 spiro atoms. The lowest BCUT2D eigenvalue weighted by molar-refractivity contribution is -0.182. The highest BCUT2D eigenvalue weighted by Gasteiger charge is 2.57. The summed E-state index contributed by atoms with van der Waals surface area (Å²) in [6, 6.07) is 4.66. The molecular weight excluding hydrogens is 318 g/mol. The Morgan fingerprint density at radius 1 is 1.46 bits per heavy atom. The Morgan fingerprint density at radius 3 is 2.88 bits per heavy atom. The van der Waals surface area contributed by atoms with Crippen LogP contribution < -0.4 is 10.6 Å². The molecule has 1 fully saturated rings. The van der Waals surface area contributed by atoms with Gasteiger partial charge in [-0.2, -0.15) is 0 Å². The minimum atomic E-state index is -1.59. The number of carbonyl (C=O) groups excluding carboxylic acids is 2. The summed E-state index contributed by atoms with van der Waals surface area (Å²) >= 11 is 0. The number of hydrogen-bond acceptors (Lipinski definition) is 5. The van der Waals surface area contributed by atoms with Gasteiger partial charge in [-0.05, 0) is 36.1 Å². The molecule has 1 heterocycles. The number of rotatable bonds is 3. The first kappa shape index (κ1) is 16.2. The molecule has 9 nitrogen and oxygen atoms in total. The zero-order valence-electron chi connectivity index (χ0n) is 12.9. The molecule has 128 valence electrons. The Morgan fingerprint density at radius 2 is 2.21 bits per heavy atom. The van der Waals surface area contributed by atoms with E-state index in [1.807, 2.05) is 0 Å². The lowest BCUT2D eigenvalue weighted by atomic mass is 9.94. The Bertz CT molecular complexity index is 721. The van der Waals surface area contributed by atoms with E-state index in [-0.39, 0.29) is 6.03 Å². The molecule has 0 radical (unpaired) electrons. The van der Waals surface area contributed by atoms with Crippen molar-refractivity contribution < 1.29 is 29.3 Å². The van der Waals surface area contributed by atoms with Crippen molar-refractivity contribution in [2.75, 3.05) is 18.9 Å². The standard InChI is InChI=1S/C15H17N3O6/c1-16-13(22)17-9-2-3-10-8(6-9)4-5-15(10)12(21)18(7-11(19)20)14(23)24-15/h2-3,6,14,23H,4-5,7H2,1H3,(H,19,20)(H2,16,17,22)/t14?,15-/m1/s1. The number of hydrogen-bond donors (Lipinski definition) is 4. The highest BCUT2D eigenvalue weighted by molar-refractivity contribution is 5.93. The fourth-order valence-electron chi connectivity index (χ4n) is 3.18. The summed E-state index contributed by atoms with van der Waals surface area (Å²) in [5.41, 5.74) is 0.595. The van der Waals surface area contributed by atoms with E-state index < -0.39 is 30.4 Å². The highest BCUT2D eigenvalue weighted by Crippen LogP contribution is 2.46. The highest BCUT2D eigenvalue weighted by atomic mass is 16.7. The molecule has 0 aromatic heterocycles.